The lowest BCUT2D eigenvalue weighted by Gasteiger charge is -2.23. The normalized spacial score (nSPS) is 19.8. The maximum Gasteiger partial charge on any atom is 0.328 e. The van der Waals surface area contributed by atoms with Crippen LogP contribution in [0.5, 0.6) is 5.88 Å². The van der Waals surface area contributed by atoms with Crippen LogP contribution >= 0.6 is 0 Å². The molecule has 1 N–H and O–H groups in total. The lowest BCUT2D eigenvalue weighted by atomic mass is 10.1. The predicted octanol–water partition coefficient (Wildman–Crippen LogP) is 2.12. The van der Waals surface area contributed by atoms with E-state index in [4.69, 9.17) is 19.2 Å². The molecule has 0 radical (unpaired) electrons. The highest BCUT2D eigenvalue weighted by Crippen LogP contribution is 2.29. The van der Waals surface area contributed by atoms with Crippen LogP contribution in [-0.4, -0.2) is 61.6 Å². The Balaban J connectivity index is 1.56. The van der Waals surface area contributed by atoms with Crippen molar-refractivity contribution in [1.82, 2.24) is 29.1 Å². The largest absolute Gasteiger partial charge is 0.470 e. The number of hydrogen-bond donors (Lipinski definition) is 1. The summed E-state index contributed by atoms with van der Waals surface area (Å²) in [7, 11) is 0. The number of fused-ring (bicyclic) bond motifs is 2. The summed E-state index contributed by atoms with van der Waals surface area (Å²) >= 11 is 0. The number of benzene rings is 1. The Labute approximate surface area is 181 Å². The van der Waals surface area contributed by atoms with Gasteiger partial charge in [-0.1, -0.05) is 0 Å². The third kappa shape index (κ3) is 3.24. The number of rotatable bonds is 4. The molecule has 0 aliphatic carbocycles. The van der Waals surface area contributed by atoms with E-state index in [1.54, 1.807) is 15.2 Å². The molecule has 166 valence electrons. The van der Waals surface area contributed by atoms with Gasteiger partial charge in [0.05, 0.1) is 24.2 Å². The number of nitrogens with one attached hydrogen (secondary N) is 1. The zero-order valence-electron chi connectivity index (χ0n) is 17.2. The minimum absolute atomic E-state index is 0.0487. The van der Waals surface area contributed by atoms with Crippen molar-refractivity contribution in [2.24, 2.45) is 0 Å². The molecule has 2 aliphatic rings. The Hall–Kier alpha value is -3.31. The van der Waals surface area contributed by atoms with Gasteiger partial charge in [0.2, 0.25) is 11.8 Å². The van der Waals surface area contributed by atoms with E-state index in [9.17, 15) is 9.18 Å². The van der Waals surface area contributed by atoms with Gasteiger partial charge in [-0.2, -0.15) is 9.97 Å². The highest BCUT2D eigenvalue weighted by atomic mass is 19.1. The molecule has 1 unspecified atom stereocenters. The molecular formula is C21H21FN6O4. The third-order valence-electron chi connectivity index (χ3n) is 5.97. The van der Waals surface area contributed by atoms with Crippen LogP contribution < -0.4 is 10.4 Å². The van der Waals surface area contributed by atoms with Gasteiger partial charge >= 0.3 is 5.69 Å². The van der Waals surface area contributed by atoms with Crippen LogP contribution in [0.2, 0.25) is 0 Å². The first-order chi connectivity index (χ1) is 15.7. The second-order valence-corrected chi connectivity index (χ2v) is 8.02. The molecule has 3 aromatic heterocycles. The van der Waals surface area contributed by atoms with Crippen LogP contribution in [0.3, 0.4) is 0 Å². The van der Waals surface area contributed by atoms with Crippen molar-refractivity contribution in [2.75, 3.05) is 26.4 Å². The summed E-state index contributed by atoms with van der Waals surface area (Å²) in [6.07, 6.45) is 3.51. The quantitative estimate of drug-likeness (QED) is 0.518. The van der Waals surface area contributed by atoms with Gasteiger partial charge in [0, 0.05) is 31.7 Å². The van der Waals surface area contributed by atoms with E-state index in [1.807, 2.05) is 0 Å². The molecule has 2 aliphatic heterocycles. The molecule has 5 heterocycles. The van der Waals surface area contributed by atoms with Crippen LogP contribution in [0.1, 0.15) is 25.3 Å². The monoisotopic (exact) mass is 440 g/mol. The zero-order chi connectivity index (χ0) is 21.7. The summed E-state index contributed by atoms with van der Waals surface area (Å²) in [5, 5.41) is 0. The first-order valence-electron chi connectivity index (χ1n) is 10.6. The van der Waals surface area contributed by atoms with Crippen LogP contribution in [-0.2, 0) is 9.47 Å². The number of ether oxygens (including phenoxy) is 3. The van der Waals surface area contributed by atoms with Gasteiger partial charge in [0.1, 0.15) is 23.8 Å². The average molecular weight is 440 g/mol. The van der Waals surface area contributed by atoms with Crippen molar-refractivity contribution in [3.05, 3.63) is 40.8 Å². The van der Waals surface area contributed by atoms with Crippen molar-refractivity contribution in [1.29, 1.82) is 0 Å². The Morgan fingerprint density at radius 1 is 1.12 bits per heavy atom. The fraction of sp³-hybridized carbons (Fsp3) is 0.429. The predicted molar refractivity (Wildman–Crippen MR) is 112 cm³/mol. The molecule has 0 spiro atoms. The van der Waals surface area contributed by atoms with Crippen molar-refractivity contribution in [3.8, 4) is 11.8 Å². The van der Waals surface area contributed by atoms with Crippen LogP contribution in [0, 0.1) is 5.82 Å². The standard InChI is InChI=1S/C21H21FN6O4/c22-12-1-2-15-16(9-12)27(11-23-15)20-25-18-17(19(26-20)32-14-5-8-31-10-14)24-21(29)28(18)13-3-6-30-7-4-13/h1-2,9,11,13-14H,3-8,10H2,(H,24,29). The molecular weight excluding hydrogens is 419 g/mol. The number of H-pyrrole nitrogens is 1. The average Bonchev–Trinajstić information content (AvgIpc) is 3.52. The summed E-state index contributed by atoms with van der Waals surface area (Å²) in [6.45, 7) is 2.22. The second kappa shape index (κ2) is 7.68. The molecule has 0 bridgehead atoms. The lowest BCUT2D eigenvalue weighted by molar-refractivity contribution is 0.0697. The minimum Gasteiger partial charge on any atom is -0.470 e. The van der Waals surface area contributed by atoms with E-state index in [2.05, 4.69) is 15.0 Å². The van der Waals surface area contributed by atoms with Crippen molar-refractivity contribution in [3.63, 3.8) is 0 Å². The van der Waals surface area contributed by atoms with Crippen LogP contribution in [0.15, 0.2) is 29.3 Å². The Morgan fingerprint density at radius 3 is 2.78 bits per heavy atom. The molecule has 11 heteroatoms. The van der Waals surface area contributed by atoms with Gasteiger partial charge in [-0.05, 0) is 25.0 Å². The number of halogens is 1. The minimum atomic E-state index is -0.388. The number of nitrogens with zero attached hydrogens (tertiary/aromatic N) is 5. The molecule has 6 rings (SSSR count). The first kappa shape index (κ1) is 19.4. The highest BCUT2D eigenvalue weighted by molar-refractivity contribution is 5.79. The van der Waals surface area contributed by atoms with Crippen LogP contribution in [0.4, 0.5) is 4.39 Å². The topological polar surface area (TPSA) is 109 Å². The van der Waals surface area contributed by atoms with Crippen molar-refractivity contribution < 1.29 is 18.6 Å². The van der Waals surface area contributed by atoms with Crippen molar-refractivity contribution in [2.45, 2.75) is 31.4 Å². The fourth-order valence-electron chi connectivity index (χ4n) is 4.34. The van der Waals surface area contributed by atoms with E-state index in [0.29, 0.717) is 61.5 Å². The number of aromatic nitrogens is 6. The smallest absolute Gasteiger partial charge is 0.328 e. The number of imidazole rings is 2. The summed E-state index contributed by atoms with van der Waals surface area (Å²) in [4.78, 5) is 29.4. The molecule has 10 nitrogen and oxygen atoms in total. The van der Waals surface area contributed by atoms with E-state index in [-0.39, 0.29) is 35.5 Å². The summed E-state index contributed by atoms with van der Waals surface area (Å²) in [5.41, 5.74) is 1.74. The Bertz CT molecular complexity index is 1350. The second-order valence-electron chi connectivity index (χ2n) is 8.02. The first-order valence-corrected chi connectivity index (χ1v) is 10.6. The highest BCUT2D eigenvalue weighted by Gasteiger charge is 2.27. The SMILES string of the molecule is O=c1[nH]c2c(OC3CCOC3)nc(-n3cnc4ccc(F)cc43)nc2n1C1CCOCC1. The molecule has 2 saturated heterocycles. The van der Waals surface area contributed by atoms with Gasteiger partial charge in [-0.3, -0.25) is 14.1 Å². The number of hydrogen-bond acceptors (Lipinski definition) is 7. The van der Waals surface area contributed by atoms with Gasteiger partial charge in [0.15, 0.2) is 5.65 Å². The van der Waals surface area contributed by atoms with Gasteiger partial charge < -0.3 is 14.2 Å². The summed E-state index contributed by atoms with van der Waals surface area (Å²) < 4.78 is 34.2. The Kier molecular flexibility index (Phi) is 4.65. The van der Waals surface area contributed by atoms with Gasteiger partial charge in [-0.15, -0.1) is 0 Å². The summed E-state index contributed by atoms with van der Waals surface area (Å²) in [5.74, 6) is 0.127. The van der Waals surface area contributed by atoms with Crippen molar-refractivity contribution >= 4 is 22.2 Å². The molecule has 0 saturated carbocycles. The fourth-order valence-corrected chi connectivity index (χ4v) is 4.34. The van der Waals surface area contributed by atoms with E-state index >= 15 is 0 Å². The van der Waals surface area contributed by atoms with Gasteiger partial charge in [0.25, 0.3) is 0 Å². The zero-order valence-corrected chi connectivity index (χ0v) is 17.2. The third-order valence-corrected chi connectivity index (χ3v) is 5.97. The molecule has 4 aromatic rings. The number of aromatic amines is 1. The van der Waals surface area contributed by atoms with Gasteiger partial charge in [-0.25, -0.2) is 14.2 Å². The molecule has 0 amide bonds. The lowest BCUT2D eigenvalue weighted by Crippen LogP contribution is -2.27. The maximum absolute atomic E-state index is 13.9. The Morgan fingerprint density at radius 2 is 1.97 bits per heavy atom. The maximum atomic E-state index is 13.9. The summed E-state index contributed by atoms with van der Waals surface area (Å²) in [6, 6.07) is 4.28. The molecule has 1 aromatic carbocycles. The molecule has 32 heavy (non-hydrogen) atoms. The van der Waals surface area contributed by atoms with E-state index in [0.717, 1.165) is 6.42 Å². The van der Waals surface area contributed by atoms with E-state index in [1.165, 1.54) is 18.5 Å². The van der Waals surface area contributed by atoms with Crippen LogP contribution in [0.25, 0.3) is 28.1 Å². The van der Waals surface area contributed by atoms with E-state index < -0.39 is 0 Å². The molecule has 1 atom stereocenters. The molecule has 2 fully saturated rings.